The number of allylic oxidation sites excluding steroid dienone is 8. The molecule has 0 aromatic carbocycles. The van der Waals surface area contributed by atoms with Crippen LogP contribution in [-0.2, 0) is 28.6 Å². The van der Waals surface area contributed by atoms with Crippen molar-refractivity contribution in [3.05, 3.63) is 48.6 Å². The van der Waals surface area contributed by atoms with E-state index in [1.807, 2.05) is 36.5 Å². The van der Waals surface area contributed by atoms with Crippen molar-refractivity contribution in [1.29, 1.82) is 0 Å². The van der Waals surface area contributed by atoms with Gasteiger partial charge in [0.15, 0.2) is 6.10 Å². The highest BCUT2D eigenvalue weighted by molar-refractivity contribution is 5.71. The monoisotopic (exact) mass is 687 g/mol. The number of hydrogen-bond donors (Lipinski definition) is 0. The molecule has 0 aliphatic heterocycles. The van der Waals surface area contributed by atoms with Gasteiger partial charge in [-0.1, -0.05) is 179 Å². The van der Waals surface area contributed by atoms with Gasteiger partial charge in [-0.05, 0) is 38.5 Å². The Hall–Kier alpha value is -2.63. The molecular formula is C43H74O6. The van der Waals surface area contributed by atoms with Crippen molar-refractivity contribution >= 4 is 17.9 Å². The van der Waals surface area contributed by atoms with E-state index in [4.69, 9.17) is 14.2 Å². The number of hydrogen-bond acceptors (Lipinski definition) is 6. The predicted molar refractivity (Wildman–Crippen MR) is 205 cm³/mol. The van der Waals surface area contributed by atoms with Gasteiger partial charge in [-0.25, -0.2) is 0 Å². The van der Waals surface area contributed by atoms with E-state index in [-0.39, 0.29) is 31.1 Å². The van der Waals surface area contributed by atoms with Gasteiger partial charge in [-0.2, -0.15) is 0 Å². The fourth-order valence-electron chi connectivity index (χ4n) is 5.39. The summed E-state index contributed by atoms with van der Waals surface area (Å²) in [4.78, 5) is 37.4. The molecule has 282 valence electrons. The van der Waals surface area contributed by atoms with Crippen molar-refractivity contribution in [1.82, 2.24) is 0 Å². The molecule has 0 aliphatic carbocycles. The van der Waals surface area contributed by atoms with Crippen LogP contribution in [-0.4, -0.2) is 37.2 Å². The second kappa shape index (κ2) is 38.2. The highest BCUT2D eigenvalue weighted by atomic mass is 16.6. The van der Waals surface area contributed by atoms with Gasteiger partial charge in [0.25, 0.3) is 0 Å². The SMILES string of the molecule is CC\C=C/C=C\C=C/C=C\CCCCCC(=O)OCC(COC(=O)CCCCCCCCCCC)OC(=O)CCCCCCCCCCC. The molecule has 0 saturated carbocycles. The normalized spacial score (nSPS) is 12.5. The number of carbonyl (C=O) groups excluding carboxylic acids is 3. The molecule has 49 heavy (non-hydrogen) atoms. The quantitative estimate of drug-likeness (QED) is 0.0286. The summed E-state index contributed by atoms with van der Waals surface area (Å²) < 4.78 is 16.6. The number of unbranched alkanes of at least 4 members (excludes halogenated alkanes) is 19. The fraction of sp³-hybridized carbons (Fsp3) is 0.744. The highest BCUT2D eigenvalue weighted by Gasteiger charge is 2.19. The molecule has 0 bridgehead atoms. The molecule has 0 radical (unpaired) electrons. The lowest BCUT2D eigenvalue weighted by atomic mass is 10.1. The van der Waals surface area contributed by atoms with E-state index < -0.39 is 6.10 Å². The summed E-state index contributed by atoms with van der Waals surface area (Å²) in [5.41, 5.74) is 0. The maximum Gasteiger partial charge on any atom is 0.306 e. The van der Waals surface area contributed by atoms with E-state index in [2.05, 4.69) is 32.9 Å². The first kappa shape index (κ1) is 46.4. The molecule has 1 unspecified atom stereocenters. The van der Waals surface area contributed by atoms with Crippen LogP contribution < -0.4 is 0 Å². The third-order valence-corrected chi connectivity index (χ3v) is 8.44. The van der Waals surface area contributed by atoms with Gasteiger partial charge in [0.2, 0.25) is 0 Å². The average molecular weight is 687 g/mol. The molecular weight excluding hydrogens is 612 g/mol. The van der Waals surface area contributed by atoms with E-state index in [1.54, 1.807) is 0 Å². The summed E-state index contributed by atoms with van der Waals surface area (Å²) in [5.74, 6) is -0.936. The molecule has 0 rings (SSSR count). The Morgan fingerprint density at radius 3 is 1.24 bits per heavy atom. The minimum absolute atomic E-state index is 0.0843. The van der Waals surface area contributed by atoms with Crippen LogP contribution in [0.15, 0.2) is 48.6 Å². The summed E-state index contributed by atoms with van der Waals surface area (Å²) >= 11 is 0. The van der Waals surface area contributed by atoms with Crippen molar-refractivity contribution in [2.75, 3.05) is 13.2 Å². The summed E-state index contributed by atoms with van der Waals surface area (Å²) in [7, 11) is 0. The zero-order chi connectivity index (χ0) is 35.9. The molecule has 0 fully saturated rings. The van der Waals surface area contributed by atoms with E-state index in [1.165, 1.54) is 77.0 Å². The smallest absolute Gasteiger partial charge is 0.306 e. The molecule has 1 atom stereocenters. The van der Waals surface area contributed by atoms with Crippen LogP contribution in [0.1, 0.15) is 188 Å². The van der Waals surface area contributed by atoms with Gasteiger partial charge >= 0.3 is 17.9 Å². The minimum atomic E-state index is -0.780. The lowest BCUT2D eigenvalue weighted by molar-refractivity contribution is -0.167. The molecule has 0 aromatic heterocycles. The van der Waals surface area contributed by atoms with Crippen molar-refractivity contribution in [3.63, 3.8) is 0 Å². The lowest BCUT2D eigenvalue weighted by Gasteiger charge is -2.18. The van der Waals surface area contributed by atoms with Gasteiger partial charge in [0, 0.05) is 19.3 Å². The molecule has 6 heteroatoms. The number of ether oxygens (including phenoxy) is 3. The molecule has 0 saturated heterocycles. The van der Waals surface area contributed by atoms with Crippen LogP contribution >= 0.6 is 0 Å². The topological polar surface area (TPSA) is 78.9 Å². The van der Waals surface area contributed by atoms with Crippen molar-refractivity contribution in [3.8, 4) is 0 Å². The summed E-state index contributed by atoms with van der Waals surface area (Å²) in [6.07, 6.45) is 42.4. The molecule has 0 amide bonds. The van der Waals surface area contributed by atoms with Gasteiger partial charge in [0.05, 0.1) is 0 Å². The number of carbonyl (C=O) groups is 3. The van der Waals surface area contributed by atoms with Gasteiger partial charge in [-0.3, -0.25) is 14.4 Å². The Morgan fingerprint density at radius 1 is 0.429 bits per heavy atom. The summed E-state index contributed by atoms with van der Waals surface area (Å²) in [6, 6.07) is 0. The van der Waals surface area contributed by atoms with Crippen LogP contribution in [0.3, 0.4) is 0 Å². The Bertz CT molecular complexity index is 887. The molecule has 0 aliphatic rings. The van der Waals surface area contributed by atoms with E-state index in [0.29, 0.717) is 19.3 Å². The average Bonchev–Trinajstić information content (AvgIpc) is 3.10. The molecule has 0 N–H and O–H groups in total. The Morgan fingerprint density at radius 2 is 0.796 bits per heavy atom. The maximum absolute atomic E-state index is 12.6. The minimum Gasteiger partial charge on any atom is -0.462 e. The number of rotatable bonds is 35. The third-order valence-electron chi connectivity index (χ3n) is 8.44. The Balaban J connectivity index is 4.43. The third kappa shape index (κ3) is 36.5. The molecule has 6 nitrogen and oxygen atoms in total. The van der Waals surface area contributed by atoms with Crippen LogP contribution in [0.2, 0.25) is 0 Å². The Labute approximate surface area is 301 Å². The van der Waals surface area contributed by atoms with E-state index in [0.717, 1.165) is 70.6 Å². The van der Waals surface area contributed by atoms with Crippen molar-refractivity contribution < 1.29 is 28.6 Å². The van der Waals surface area contributed by atoms with Crippen molar-refractivity contribution in [2.24, 2.45) is 0 Å². The van der Waals surface area contributed by atoms with Crippen LogP contribution in [0, 0.1) is 0 Å². The van der Waals surface area contributed by atoms with Gasteiger partial charge in [-0.15, -0.1) is 0 Å². The van der Waals surface area contributed by atoms with E-state index in [9.17, 15) is 14.4 Å². The lowest BCUT2D eigenvalue weighted by Crippen LogP contribution is -2.30. The largest absolute Gasteiger partial charge is 0.462 e. The molecule has 0 aromatic rings. The van der Waals surface area contributed by atoms with E-state index >= 15 is 0 Å². The molecule has 0 heterocycles. The maximum atomic E-state index is 12.6. The second-order valence-electron chi connectivity index (χ2n) is 13.3. The number of esters is 3. The van der Waals surface area contributed by atoms with Gasteiger partial charge in [0.1, 0.15) is 13.2 Å². The fourth-order valence-corrected chi connectivity index (χ4v) is 5.39. The predicted octanol–water partition coefficient (Wildman–Crippen LogP) is 12.4. The second-order valence-corrected chi connectivity index (χ2v) is 13.3. The first-order valence-electron chi connectivity index (χ1n) is 20.2. The Kier molecular flexibility index (Phi) is 36.1. The van der Waals surface area contributed by atoms with Crippen LogP contribution in [0.5, 0.6) is 0 Å². The first-order chi connectivity index (χ1) is 24.0. The summed E-state index contributed by atoms with van der Waals surface area (Å²) in [6.45, 7) is 6.39. The van der Waals surface area contributed by atoms with Gasteiger partial charge < -0.3 is 14.2 Å². The van der Waals surface area contributed by atoms with Crippen molar-refractivity contribution in [2.45, 2.75) is 194 Å². The zero-order valence-corrected chi connectivity index (χ0v) is 31.9. The first-order valence-corrected chi connectivity index (χ1v) is 20.2. The highest BCUT2D eigenvalue weighted by Crippen LogP contribution is 2.13. The molecule has 0 spiro atoms. The summed E-state index contributed by atoms with van der Waals surface area (Å²) in [5, 5.41) is 0. The standard InChI is InChI=1S/C43H74O6/c1-4-7-10-13-16-19-20-21-22-25-27-30-33-36-42(45)48-39-40(49-43(46)37-34-31-28-24-18-15-12-9-6-3)38-47-41(44)35-32-29-26-23-17-14-11-8-5-2/h7,10,13,16,19-22,40H,4-6,8-9,11-12,14-15,17-18,23-39H2,1-3H3/b10-7-,16-13-,20-19-,22-21-. The van der Waals surface area contributed by atoms with Crippen LogP contribution in [0.25, 0.3) is 0 Å². The van der Waals surface area contributed by atoms with Crippen LogP contribution in [0.4, 0.5) is 0 Å². The zero-order valence-electron chi connectivity index (χ0n) is 31.9.